The van der Waals surface area contributed by atoms with Crippen LogP contribution in [0.3, 0.4) is 0 Å². The second kappa shape index (κ2) is 5.28. The molecule has 0 bridgehead atoms. The molecule has 3 aliphatic rings. The highest BCUT2D eigenvalue weighted by Gasteiger charge is 2.47. The summed E-state index contributed by atoms with van der Waals surface area (Å²) in [6, 6.07) is 0. The summed E-state index contributed by atoms with van der Waals surface area (Å²) >= 11 is 0. The second-order valence-electron chi connectivity index (χ2n) is 6.72. The Morgan fingerprint density at radius 1 is 1.35 bits per heavy atom. The van der Waals surface area contributed by atoms with Crippen LogP contribution < -0.4 is 0 Å². The predicted molar refractivity (Wildman–Crippen MR) is 73.3 cm³/mol. The molecular weight excluding hydrogens is 258 g/mol. The maximum atomic E-state index is 12.1. The van der Waals surface area contributed by atoms with Crippen LogP contribution in [0.25, 0.3) is 0 Å². The number of aliphatic hydroxyl groups is 1. The van der Waals surface area contributed by atoms with Crippen molar-refractivity contribution in [3.63, 3.8) is 0 Å². The molecule has 0 aromatic heterocycles. The summed E-state index contributed by atoms with van der Waals surface area (Å²) in [5, 5.41) is 10.6. The van der Waals surface area contributed by atoms with Crippen LogP contribution in [-0.4, -0.2) is 60.5 Å². The molecule has 1 amide bonds. The molecule has 0 aromatic carbocycles. The summed E-state index contributed by atoms with van der Waals surface area (Å²) in [7, 11) is 1.62. The van der Waals surface area contributed by atoms with E-state index in [0.717, 1.165) is 38.8 Å². The van der Waals surface area contributed by atoms with Crippen molar-refractivity contribution in [2.75, 3.05) is 33.4 Å². The standard InChI is InChI=1S/C15H25NO4/c1-19-11-14(18)6-9-20-15(10-14)4-7-16(8-5-15)13(17)12-2-3-12/h12,18H,2-11H2,1H3. The van der Waals surface area contributed by atoms with Gasteiger partial charge < -0.3 is 19.5 Å². The Bertz CT molecular complexity index is 370. The fourth-order valence-electron chi connectivity index (χ4n) is 3.63. The Morgan fingerprint density at radius 3 is 2.65 bits per heavy atom. The van der Waals surface area contributed by atoms with Gasteiger partial charge >= 0.3 is 0 Å². The molecule has 1 N–H and O–H groups in total. The van der Waals surface area contributed by atoms with Crippen molar-refractivity contribution in [1.29, 1.82) is 0 Å². The first-order valence-electron chi connectivity index (χ1n) is 7.70. The smallest absolute Gasteiger partial charge is 0.225 e. The van der Waals surface area contributed by atoms with Gasteiger partial charge in [-0.25, -0.2) is 0 Å². The van der Waals surface area contributed by atoms with Gasteiger partial charge in [-0.3, -0.25) is 4.79 Å². The molecule has 2 heterocycles. The van der Waals surface area contributed by atoms with Crippen LogP contribution in [-0.2, 0) is 14.3 Å². The van der Waals surface area contributed by atoms with Gasteiger partial charge in [0.2, 0.25) is 5.91 Å². The Morgan fingerprint density at radius 2 is 2.05 bits per heavy atom. The molecule has 5 heteroatoms. The van der Waals surface area contributed by atoms with E-state index in [4.69, 9.17) is 9.47 Å². The van der Waals surface area contributed by atoms with E-state index in [9.17, 15) is 9.90 Å². The number of ether oxygens (including phenoxy) is 2. The maximum Gasteiger partial charge on any atom is 0.225 e. The summed E-state index contributed by atoms with van der Waals surface area (Å²) < 4.78 is 11.1. The lowest BCUT2D eigenvalue weighted by Crippen LogP contribution is -2.56. The number of likely N-dealkylation sites (tertiary alicyclic amines) is 1. The number of methoxy groups -OCH3 is 1. The maximum absolute atomic E-state index is 12.1. The van der Waals surface area contributed by atoms with Crippen molar-refractivity contribution in [3.8, 4) is 0 Å². The van der Waals surface area contributed by atoms with Gasteiger partial charge in [-0.2, -0.15) is 0 Å². The normalized spacial score (nSPS) is 33.4. The van der Waals surface area contributed by atoms with Crippen molar-refractivity contribution >= 4 is 5.91 Å². The minimum atomic E-state index is -0.768. The van der Waals surface area contributed by atoms with Crippen molar-refractivity contribution in [2.45, 2.75) is 49.7 Å². The second-order valence-corrected chi connectivity index (χ2v) is 6.72. The molecule has 1 aliphatic carbocycles. The average Bonchev–Trinajstić information content (AvgIpc) is 3.23. The quantitative estimate of drug-likeness (QED) is 0.837. The minimum Gasteiger partial charge on any atom is -0.387 e. The number of carbonyl (C=O) groups is 1. The molecule has 0 radical (unpaired) electrons. The third-order valence-electron chi connectivity index (χ3n) is 4.95. The summed E-state index contributed by atoms with van der Waals surface area (Å²) in [5.41, 5.74) is -1.03. The Hall–Kier alpha value is -0.650. The monoisotopic (exact) mass is 283 g/mol. The van der Waals surface area contributed by atoms with Gasteiger partial charge in [-0.05, 0) is 25.7 Å². The Balaban J connectivity index is 1.59. The zero-order valence-corrected chi connectivity index (χ0v) is 12.3. The number of rotatable bonds is 3. The number of piperidine rings is 1. The van der Waals surface area contributed by atoms with Gasteiger partial charge in [-0.1, -0.05) is 0 Å². The molecule has 0 aromatic rings. The van der Waals surface area contributed by atoms with E-state index in [1.54, 1.807) is 7.11 Å². The van der Waals surface area contributed by atoms with Crippen LogP contribution in [0, 0.1) is 5.92 Å². The van der Waals surface area contributed by atoms with Gasteiger partial charge in [0, 0.05) is 39.0 Å². The molecule has 3 fully saturated rings. The molecule has 2 aliphatic heterocycles. The predicted octanol–water partition coefficient (Wildman–Crippen LogP) is 0.945. The molecular formula is C15H25NO4. The van der Waals surface area contributed by atoms with E-state index in [-0.39, 0.29) is 5.60 Å². The fourth-order valence-corrected chi connectivity index (χ4v) is 3.63. The van der Waals surface area contributed by atoms with E-state index in [1.165, 1.54) is 0 Å². The molecule has 1 unspecified atom stereocenters. The van der Waals surface area contributed by atoms with Gasteiger partial charge in [0.1, 0.15) is 0 Å². The topological polar surface area (TPSA) is 59.0 Å². The van der Waals surface area contributed by atoms with E-state index < -0.39 is 5.60 Å². The molecule has 1 atom stereocenters. The first-order chi connectivity index (χ1) is 9.56. The summed E-state index contributed by atoms with van der Waals surface area (Å²) in [6.07, 6.45) is 5.04. The first-order valence-corrected chi connectivity index (χ1v) is 7.70. The van der Waals surface area contributed by atoms with Crippen LogP contribution in [0.2, 0.25) is 0 Å². The van der Waals surface area contributed by atoms with Crippen molar-refractivity contribution in [2.24, 2.45) is 5.92 Å². The molecule has 114 valence electrons. The zero-order valence-electron chi connectivity index (χ0n) is 12.3. The van der Waals surface area contributed by atoms with Crippen molar-refractivity contribution < 1.29 is 19.4 Å². The van der Waals surface area contributed by atoms with Crippen LogP contribution >= 0.6 is 0 Å². The van der Waals surface area contributed by atoms with Crippen LogP contribution in [0.1, 0.15) is 38.5 Å². The van der Waals surface area contributed by atoms with Crippen LogP contribution in [0.4, 0.5) is 0 Å². The summed E-state index contributed by atoms with van der Waals surface area (Å²) in [4.78, 5) is 14.1. The van der Waals surface area contributed by atoms with Crippen LogP contribution in [0.5, 0.6) is 0 Å². The van der Waals surface area contributed by atoms with Gasteiger partial charge in [0.25, 0.3) is 0 Å². The highest BCUT2D eigenvalue weighted by molar-refractivity contribution is 5.81. The number of hydrogen-bond donors (Lipinski definition) is 1. The molecule has 1 saturated carbocycles. The number of carbonyl (C=O) groups excluding carboxylic acids is 1. The first kappa shape index (κ1) is 14.3. The summed E-state index contributed by atoms with van der Waals surface area (Å²) in [5.74, 6) is 0.615. The Labute approximate surface area is 120 Å². The van der Waals surface area contributed by atoms with E-state index in [2.05, 4.69) is 0 Å². The highest BCUT2D eigenvalue weighted by Crippen LogP contribution is 2.41. The number of nitrogens with zero attached hydrogens (tertiary/aromatic N) is 1. The van der Waals surface area contributed by atoms with Crippen molar-refractivity contribution in [1.82, 2.24) is 4.90 Å². The lowest BCUT2D eigenvalue weighted by Gasteiger charge is -2.49. The lowest BCUT2D eigenvalue weighted by atomic mass is 9.77. The third-order valence-corrected chi connectivity index (χ3v) is 4.95. The average molecular weight is 283 g/mol. The zero-order chi connectivity index (χ0) is 14.2. The van der Waals surface area contributed by atoms with Gasteiger partial charge in [0.15, 0.2) is 0 Å². The third kappa shape index (κ3) is 2.85. The largest absolute Gasteiger partial charge is 0.387 e. The van der Waals surface area contributed by atoms with Crippen LogP contribution in [0.15, 0.2) is 0 Å². The summed E-state index contributed by atoms with van der Waals surface area (Å²) in [6.45, 7) is 2.47. The fraction of sp³-hybridized carbons (Fsp3) is 0.933. The van der Waals surface area contributed by atoms with E-state index in [1.807, 2.05) is 4.90 Å². The number of amides is 1. The molecule has 20 heavy (non-hydrogen) atoms. The molecule has 5 nitrogen and oxygen atoms in total. The van der Waals surface area contributed by atoms with E-state index >= 15 is 0 Å². The lowest BCUT2D eigenvalue weighted by molar-refractivity contribution is -0.192. The molecule has 3 rings (SSSR count). The minimum absolute atomic E-state index is 0.258. The SMILES string of the molecule is COCC1(O)CCOC2(CCN(C(=O)C3CC3)CC2)C1. The van der Waals surface area contributed by atoms with E-state index in [0.29, 0.717) is 37.9 Å². The molecule has 1 spiro atoms. The van der Waals surface area contributed by atoms with Crippen molar-refractivity contribution in [3.05, 3.63) is 0 Å². The van der Waals surface area contributed by atoms with Gasteiger partial charge in [-0.15, -0.1) is 0 Å². The highest BCUT2D eigenvalue weighted by atomic mass is 16.5. The Kier molecular flexibility index (Phi) is 3.77. The molecule has 2 saturated heterocycles. The number of hydrogen-bond acceptors (Lipinski definition) is 4. The van der Waals surface area contributed by atoms with Gasteiger partial charge in [0.05, 0.1) is 24.4 Å².